The third-order valence-corrected chi connectivity index (χ3v) is 3.11. The number of rotatable bonds is 4. The van der Waals surface area contributed by atoms with E-state index in [1.54, 1.807) is 18.0 Å². The van der Waals surface area contributed by atoms with Crippen LogP contribution in [0.25, 0.3) is 0 Å². The standard InChI is InChI=1S/C10H18N4O/c1-14-8(7-12-13-14)6-11-9-4-3-5-10(9)15-2/h7,9-11H,3-6H2,1-2H3. The molecule has 2 atom stereocenters. The number of ether oxygens (including phenoxy) is 1. The Hall–Kier alpha value is -0.940. The van der Waals surface area contributed by atoms with Crippen molar-refractivity contribution in [1.29, 1.82) is 0 Å². The van der Waals surface area contributed by atoms with Gasteiger partial charge in [-0.3, -0.25) is 4.68 Å². The van der Waals surface area contributed by atoms with E-state index in [-0.39, 0.29) is 0 Å². The number of aromatic nitrogens is 3. The second kappa shape index (κ2) is 4.72. The quantitative estimate of drug-likeness (QED) is 0.785. The van der Waals surface area contributed by atoms with Crippen LogP contribution in [0.3, 0.4) is 0 Å². The molecule has 1 aliphatic rings. The molecule has 0 radical (unpaired) electrons. The maximum absolute atomic E-state index is 5.42. The van der Waals surface area contributed by atoms with Crippen molar-refractivity contribution in [2.45, 2.75) is 38.0 Å². The molecule has 0 aliphatic heterocycles. The van der Waals surface area contributed by atoms with E-state index in [1.165, 1.54) is 12.8 Å². The molecule has 1 fully saturated rings. The molecule has 0 spiro atoms. The minimum absolute atomic E-state index is 0.367. The molecule has 1 aromatic heterocycles. The molecule has 84 valence electrons. The van der Waals surface area contributed by atoms with Gasteiger partial charge in [0, 0.05) is 26.7 Å². The van der Waals surface area contributed by atoms with E-state index >= 15 is 0 Å². The van der Waals surface area contributed by atoms with Gasteiger partial charge in [0.25, 0.3) is 0 Å². The third kappa shape index (κ3) is 2.35. The largest absolute Gasteiger partial charge is 0.380 e. The highest BCUT2D eigenvalue weighted by atomic mass is 16.5. The van der Waals surface area contributed by atoms with E-state index in [0.29, 0.717) is 12.1 Å². The number of hydrogen-bond donors (Lipinski definition) is 1. The minimum Gasteiger partial charge on any atom is -0.380 e. The molecular weight excluding hydrogens is 192 g/mol. The van der Waals surface area contributed by atoms with Gasteiger partial charge in [-0.2, -0.15) is 0 Å². The molecule has 1 aliphatic carbocycles. The van der Waals surface area contributed by atoms with E-state index in [9.17, 15) is 0 Å². The van der Waals surface area contributed by atoms with Gasteiger partial charge in [-0.05, 0) is 19.3 Å². The number of methoxy groups -OCH3 is 1. The first kappa shape index (κ1) is 10.6. The molecule has 0 saturated heterocycles. The molecule has 0 aromatic carbocycles. The Morgan fingerprint density at radius 2 is 2.47 bits per heavy atom. The Bertz CT molecular complexity index is 312. The van der Waals surface area contributed by atoms with Crippen LogP contribution in [-0.2, 0) is 18.3 Å². The van der Waals surface area contributed by atoms with Gasteiger partial charge >= 0.3 is 0 Å². The van der Waals surface area contributed by atoms with E-state index < -0.39 is 0 Å². The lowest BCUT2D eigenvalue weighted by molar-refractivity contribution is 0.0845. The van der Waals surface area contributed by atoms with Gasteiger partial charge < -0.3 is 10.1 Å². The summed E-state index contributed by atoms with van der Waals surface area (Å²) < 4.78 is 7.22. The van der Waals surface area contributed by atoms with Crippen LogP contribution in [0.4, 0.5) is 0 Å². The molecule has 0 amide bonds. The summed E-state index contributed by atoms with van der Waals surface area (Å²) in [5, 5.41) is 11.2. The first-order chi connectivity index (χ1) is 7.31. The lowest BCUT2D eigenvalue weighted by Crippen LogP contribution is -2.36. The third-order valence-electron chi connectivity index (χ3n) is 3.11. The Kier molecular flexibility index (Phi) is 3.33. The Morgan fingerprint density at radius 1 is 1.60 bits per heavy atom. The summed E-state index contributed by atoms with van der Waals surface area (Å²) in [5.41, 5.74) is 1.11. The maximum atomic E-state index is 5.42. The minimum atomic E-state index is 0.367. The van der Waals surface area contributed by atoms with Crippen LogP contribution in [0.2, 0.25) is 0 Å². The van der Waals surface area contributed by atoms with Gasteiger partial charge in [-0.15, -0.1) is 5.10 Å². The molecule has 5 nitrogen and oxygen atoms in total. The summed E-state index contributed by atoms with van der Waals surface area (Å²) in [6, 6.07) is 0.477. The van der Waals surface area contributed by atoms with Crippen LogP contribution in [0.5, 0.6) is 0 Å². The molecule has 0 bridgehead atoms. The second-order valence-corrected chi connectivity index (χ2v) is 4.04. The maximum Gasteiger partial charge on any atom is 0.0738 e. The van der Waals surface area contributed by atoms with Crippen LogP contribution >= 0.6 is 0 Å². The Morgan fingerprint density at radius 3 is 3.13 bits per heavy atom. The zero-order valence-electron chi connectivity index (χ0n) is 9.31. The van der Waals surface area contributed by atoms with Crippen molar-refractivity contribution in [3.8, 4) is 0 Å². The van der Waals surface area contributed by atoms with E-state index in [0.717, 1.165) is 18.7 Å². The van der Waals surface area contributed by atoms with E-state index in [1.807, 2.05) is 7.05 Å². The second-order valence-electron chi connectivity index (χ2n) is 4.04. The van der Waals surface area contributed by atoms with Crippen molar-refractivity contribution in [3.05, 3.63) is 11.9 Å². The number of nitrogens with one attached hydrogen (secondary N) is 1. The summed E-state index contributed by atoms with van der Waals surface area (Å²) in [5.74, 6) is 0. The average Bonchev–Trinajstić information content (AvgIpc) is 2.83. The molecule has 1 heterocycles. The summed E-state index contributed by atoms with van der Waals surface area (Å²) in [4.78, 5) is 0. The first-order valence-corrected chi connectivity index (χ1v) is 5.41. The smallest absolute Gasteiger partial charge is 0.0738 e. The topological polar surface area (TPSA) is 52.0 Å². The summed E-state index contributed by atoms with van der Waals surface area (Å²) in [7, 11) is 3.70. The molecule has 5 heteroatoms. The highest BCUT2D eigenvalue weighted by Crippen LogP contribution is 2.21. The fourth-order valence-corrected chi connectivity index (χ4v) is 2.15. The molecule has 1 saturated carbocycles. The van der Waals surface area contributed by atoms with Crippen molar-refractivity contribution < 1.29 is 4.74 Å². The summed E-state index contributed by atoms with van der Waals surface area (Å²) in [6.45, 7) is 0.814. The van der Waals surface area contributed by atoms with Gasteiger partial charge in [0.1, 0.15) is 0 Å². The van der Waals surface area contributed by atoms with Crippen molar-refractivity contribution >= 4 is 0 Å². The Balaban J connectivity index is 1.85. The normalized spacial score (nSPS) is 26.0. The monoisotopic (exact) mass is 210 g/mol. The van der Waals surface area contributed by atoms with E-state index in [2.05, 4.69) is 15.6 Å². The Labute approximate surface area is 89.8 Å². The fourth-order valence-electron chi connectivity index (χ4n) is 2.15. The highest BCUT2D eigenvalue weighted by Gasteiger charge is 2.26. The van der Waals surface area contributed by atoms with Gasteiger partial charge in [-0.25, -0.2) is 0 Å². The van der Waals surface area contributed by atoms with Gasteiger partial charge in [0.2, 0.25) is 0 Å². The number of hydrogen-bond acceptors (Lipinski definition) is 4. The molecule has 1 N–H and O–H groups in total. The lowest BCUT2D eigenvalue weighted by atomic mass is 10.2. The zero-order valence-corrected chi connectivity index (χ0v) is 9.31. The molecular formula is C10H18N4O. The van der Waals surface area contributed by atoms with Gasteiger partial charge in [-0.1, -0.05) is 5.21 Å². The summed E-state index contributed by atoms with van der Waals surface area (Å²) >= 11 is 0. The van der Waals surface area contributed by atoms with Crippen molar-refractivity contribution in [3.63, 3.8) is 0 Å². The van der Waals surface area contributed by atoms with Crippen LogP contribution in [0, 0.1) is 0 Å². The predicted molar refractivity (Wildman–Crippen MR) is 56.3 cm³/mol. The SMILES string of the molecule is COC1CCCC1NCc1cnnn1C. The van der Waals surface area contributed by atoms with Gasteiger partial charge in [0.05, 0.1) is 18.0 Å². The molecule has 2 rings (SSSR count). The lowest BCUT2D eigenvalue weighted by Gasteiger charge is -2.19. The van der Waals surface area contributed by atoms with Crippen molar-refractivity contribution in [2.24, 2.45) is 7.05 Å². The van der Waals surface area contributed by atoms with Crippen LogP contribution in [0.1, 0.15) is 25.0 Å². The number of nitrogens with zero attached hydrogens (tertiary/aromatic N) is 3. The zero-order chi connectivity index (χ0) is 10.7. The van der Waals surface area contributed by atoms with Gasteiger partial charge in [0.15, 0.2) is 0 Å². The highest BCUT2D eigenvalue weighted by molar-refractivity contribution is 4.94. The van der Waals surface area contributed by atoms with Crippen LogP contribution < -0.4 is 5.32 Å². The molecule has 2 unspecified atom stereocenters. The van der Waals surface area contributed by atoms with Crippen molar-refractivity contribution in [2.75, 3.05) is 7.11 Å². The fraction of sp³-hybridized carbons (Fsp3) is 0.800. The summed E-state index contributed by atoms with van der Waals surface area (Å²) in [6.07, 6.45) is 5.77. The van der Waals surface area contributed by atoms with Crippen LogP contribution in [-0.4, -0.2) is 34.2 Å². The van der Waals surface area contributed by atoms with E-state index in [4.69, 9.17) is 4.74 Å². The van der Waals surface area contributed by atoms with Crippen LogP contribution in [0.15, 0.2) is 6.20 Å². The first-order valence-electron chi connectivity index (χ1n) is 5.41. The predicted octanol–water partition coefficient (Wildman–Crippen LogP) is 0.472. The molecule has 15 heavy (non-hydrogen) atoms. The average molecular weight is 210 g/mol. The molecule has 1 aromatic rings. The number of aryl methyl sites for hydroxylation is 1. The van der Waals surface area contributed by atoms with Crippen molar-refractivity contribution in [1.82, 2.24) is 20.3 Å².